The first-order chi connectivity index (χ1) is 18.8. The lowest BCUT2D eigenvalue weighted by atomic mass is 9.98. The number of amides is 2. The van der Waals surface area contributed by atoms with Gasteiger partial charge in [0.1, 0.15) is 5.82 Å². The van der Waals surface area contributed by atoms with Crippen molar-refractivity contribution in [3.05, 3.63) is 93.3 Å². The average molecular weight is 580 g/mol. The van der Waals surface area contributed by atoms with E-state index < -0.39 is 45.7 Å². The highest BCUT2D eigenvalue weighted by Crippen LogP contribution is 2.36. The second-order valence-electron chi connectivity index (χ2n) is 7.98. The van der Waals surface area contributed by atoms with Crippen molar-refractivity contribution in [3.8, 4) is 0 Å². The summed E-state index contributed by atoms with van der Waals surface area (Å²) in [6, 6.07) is 10.1. The van der Waals surface area contributed by atoms with Crippen LogP contribution in [0.3, 0.4) is 0 Å². The molecule has 0 radical (unpaired) electrons. The molecule has 7 nitrogen and oxygen atoms in total. The van der Waals surface area contributed by atoms with E-state index in [0.717, 1.165) is 31.4 Å². The molecule has 12 heteroatoms. The smallest absolute Gasteiger partial charge is 0.417 e. The number of hydrogen-bond donors (Lipinski definition) is 2. The van der Waals surface area contributed by atoms with Gasteiger partial charge in [-0.05, 0) is 48.5 Å². The number of hydrogen-bond acceptors (Lipinski definition) is 5. The fraction of sp³-hybridized carbons (Fsp3) is 0.214. The van der Waals surface area contributed by atoms with Gasteiger partial charge in [0.15, 0.2) is 0 Å². The largest absolute Gasteiger partial charge is 0.465 e. The van der Waals surface area contributed by atoms with Gasteiger partial charge in [-0.1, -0.05) is 31.5 Å². The third-order valence-corrected chi connectivity index (χ3v) is 5.90. The minimum atomic E-state index is -4.89. The molecule has 0 atom stereocenters. The van der Waals surface area contributed by atoms with Crippen molar-refractivity contribution in [1.29, 1.82) is 5.41 Å². The molecule has 0 heterocycles. The standard InChI is InChI=1S/C26H20ClF4N3O4.C2H6/c1-13(35)34(2)15-8-10-17(23(32)16-9-7-14(11-20(16)28)25(37)38-3)21(12-15)33-24(36)22-18(26(29,30)31)5-4-6-19(22)27;1-2/h4-12,32H,1-3H3,(H,33,36);1-2H3. The number of rotatable bonds is 6. The van der Waals surface area contributed by atoms with Gasteiger partial charge in [0, 0.05) is 30.8 Å². The van der Waals surface area contributed by atoms with E-state index >= 15 is 0 Å². The molecular weight excluding hydrogens is 554 g/mol. The Morgan fingerprint density at radius 1 is 1.00 bits per heavy atom. The molecule has 40 heavy (non-hydrogen) atoms. The average Bonchev–Trinajstić information content (AvgIpc) is 2.92. The number of anilines is 2. The number of benzene rings is 3. The summed E-state index contributed by atoms with van der Waals surface area (Å²) in [5.74, 6) is -3.38. The number of ether oxygens (including phenoxy) is 1. The first-order valence-corrected chi connectivity index (χ1v) is 12.2. The van der Waals surface area contributed by atoms with Crippen molar-refractivity contribution >= 4 is 46.5 Å². The minimum Gasteiger partial charge on any atom is -0.465 e. The van der Waals surface area contributed by atoms with Crippen molar-refractivity contribution in [3.63, 3.8) is 0 Å². The van der Waals surface area contributed by atoms with Crippen molar-refractivity contribution in [2.75, 3.05) is 24.4 Å². The van der Waals surface area contributed by atoms with Gasteiger partial charge in [-0.2, -0.15) is 13.2 Å². The number of nitrogens with zero attached hydrogens (tertiary/aromatic N) is 1. The summed E-state index contributed by atoms with van der Waals surface area (Å²) >= 11 is 5.95. The summed E-state index contributed by atoms with van der Waals surface area (Å²) < 4.78 is 60.2. The van der Waals surface area contributed by atoms with Crippen LogP contribution in [0.15, 0.2) is 54.6 Å². The highest BCUT2D eigenvalue weighted by atomic mass is 35.5. The predicted molar refractivity (Wildman–Crippen MR) is 145 cm³/mol. The van der Waals surface area contributed by atoms with Gasteiger partial charge in [0.2, 0.25) is 5.91 Å². The van der Waals surface area contributed by atoms with Crippen LogP contribution in [-0.2, 0) is 15.7 Å². The van der Waals surface area contributed by atoms with Gasteiger partial charge in [0.05, 0.1) is 40.2 Å². The lowest BCUT2D eigenvalue weighted by molar-refractivity contribution is -0.137. The van der Waals surface area contributed by atoms with Gasteiger partial charge in [-0.15, -0.1) is 0 Å². The van der Waals surface area contributed by atoms with E-state index in [-0.39, 0.29) is 34.0 Å². The van der Waals surface area contributed by atoms with Crippen LogP contribution in [0.5, 0.6) is 0 Å². The Morgan fingerprint density at radius 3 is 2.17 bits per heavy atom. The SMILES string of the molecule is CC.COC(=O)c1ccc(C(=N)c2ccc(N(C)C(C)=O)cc2NC(=O)c2c(Cl)cccc2C(F)(F)F)c(F)c1. The second-order valence-corrected chi connectivity index (χ2v) is 8.39. The molecule has 3 rings (SSSR count). The van der Waals surface area contributed by atoms with Crippen LogP contribution in [0.2, 0.25) is 5.02 Å². The summed E-state index contributed by atoms with van der Waals surface area (Å²) in [5, 5.41) is 10.4. The Bertz CT molecular complexity index is 1460. The molecule has 0 fully saturated rings. The second kappa shape index (κ2) is 13.2. The Hall–Kier alpha value is -4.25. The van der Waals surface area contributed by atoms with E-state index in [9.17, 15) is 31.9 Å². The number of halogens is 5. The van der Waals surface area contributed by atoms with Crippen LogP contribution in [0.4, 0.5) is 28.9 Å². The molecule has 3 aromatic rings. The van der Waals surface area contributed by atoms with Gasteiger partial charge in [-0.3, -0.25) is 15.0 Å². The maximum absolute atomic E-state index is 14.9. The summed E-state index contributed by atoms with van der Waals surface area (Å²) in [7, 11) is 2.54. The maximum Gasteiger partial charge on any atom is 0.417 e. The summed E-state index contributed by atoms with van der Waals surface area (Å²) in [4.78, 5) is 37.8. The lowest BCUT2D eigenvalue weighted by Gasteiger charge is -2.20. The van der Waals surface area contributed by atoms with Gasteiger partial charge in [-0.25, -0.2) is 9.18 Å². The molecule has 2 amide bonds. The molecule has 212 valence electrons. The third-order valence-electron chi connectivity index (χ3n) is 5.59. The van der Waals surface area contributed by atoms with E-state index in [1.807, 2.05) is 13.8 Å². The van der Waals surface area contributed by atoms with Gasteiger partial charge < -0.3 is 15.0 Å². The number of carbonyl (C=O) groups is 3. The number of methoxy groups -OCH3 is 1. The zero-order chi connectivity index (χ0) is 30.4. The van der Waals surface area contributed by atoms with Crippen molar-refractivity contribution in [2.45, 2.75) is 26.9 Å². The number of nitrogens with one attached hydrogen (secondary N) is 2. The molecule has 0 aromatic heterocycles. The molecule has 0 bridgehead atoms. The van der Waals surface area contributed by atoms with E-state index in [1.54, 1.807) is 0 Å². The zero-order valence-electron chi connectivity index (χ0n) is 22.2. The van der Waals surface area contributed by atoms with E-state index in [0.29, 0.717) is 6.07 Å². The Kier molecular flexibility index (Phi) is 10.6. The van der Waals surface area contributed by atoms with E-state index in [2.05, 4.69) is 10.1 Å². The molecule has 0 aliphatic carbocycles. The highest BCUT2D eigenvalue weighted by Gasteiger charge is 2.36. The monoisotopic (exact) mass is 579 g/mol. The zero-order valence-corrected chi connectivity index (χ0v) is 22.9. The van der Waals surface area contributed by atoms with Crippen molar-refractivity contribution < 1.29 is 36.7 Å². The third kappa shape index (κ3) is 7.03. The van der Waals surface area contributed by atoms with Crippen molar-refractivity contribution in [2.24, 2.45) is 0 Å². The van der Waals surface area contributed by atoms with Crippen LogP contribution < -0.4 is 10.2 Å². The van der Waals surface area contributed by atoms with Crippen LogP contribution in [-0.4, -0.2) is 37.7 Å². The fourth-order valence-corrected chi connectivity index (χ4v) is 3.79. The number of carbonyl (C=O) groups excluding carboxylic acids is 3. The highest BCUT2D eigenvalue weighted by molar-refractivity contribution is 6.35. The molecule has 2 N–H and O–H groups in total. The predicted octanol–water partition coefficient (Wildman–Crippen LogP) is 6.96. The minimum absolute atomic E-state index is 0.0793. The molecule has 0 aliphatic heterocycles. The molecule has 0 aliphatic rings. The van der Waals surface area contributed by atoms with E-state index in [1.165, 1.54) is 43.1 Å². The quantitative estimate of drug-likeness (QED) is 0.187. The van der Waals surface area contributed by atoms with Gasteiger partial charge >= 0.3 is 12.1 Å². The number of alkyl halides is 3. The maximum atomic E-state index is 14.9. The summed E-state index contributed by atoms with van der Waals surface area (Å²) in [6.45, 7) is 5.27. The Morgan fingerprint density at radius 2 is 1.62 bits per heavy atom. The topological polar surface area (TPSA) is 99.6 Å². The first-order valence-electron chi connectivity index (χ1n) is 11.8. The normalized spacial score (nSPS) is 10.7. The first kappa shape index (κ1) is 32.0. The fourth-order valence-electron chi connectivity index (χ4n) is 3.53. The van der Waals surface area contributed by atoms with Crippen molar-refractivity contribution in [1.82, 2.24) is 0 Å². The molecule has 3 aromatic carbocycles. The summed E-state index contributed by atoms with van der Waals surface area (Å²) in [6.07, 6.45) is -4.89. The van der Waals surface area contributed by atoms with Crippen LogP contribution in [0, 0.1) is 11.2 Å². The van der Waals surface area contributed by atoms with Crippen LogP contribution in [0.1, 0.15) is 58.2 Å². The molecular formula is C28H26ClF4N3O4. The molecule has 0 saturated heterocycles. The lowest BCUT2D eigenvalue weighted by Crippen LogP contribution is -2.24. The van der Waals surface area contributed by atoms with Gasteiger partial charge in [0.25, 0.3) is 5.91 Å². The Balaban J connectivity index is 0.00000274. The van der Waals surface area contributed by atoms with Crippen LogP contribution >= 0.6 is 11.6 Å². The Labute approximate surface area is 233 Å². The van der Waals surface area contributed by atoms with E-state index in [4.69, 9.17) is 17.0 Å². The molecule has 0 spiro atoms. The molecule has 0 saturated carbocycles. The molecule has 0 unspecified atom stereocenters. The van der Waals surface area contributed by atoms with Crippen LogP contribution in [0.25, 0.3) is 0 Å². The summed E-state index contributed by atoms with van der Waals surface area (Å²) in [5.41, 5.74) is -2.98. The number of esters is 1.